The molecule has 0 spiro atoms. The summed E-state index contributed by atoms with van der Waals surface area (Å²) in [4.78, 5) is 12.4. The highest BCUT2D eigenvalue weighted by molar-refractivity contribution is 7.15. The smallest absolute Gasteiger partial charge is 0.278 e. The molecule has 0 aliphatic carbocycles. The number of nitrogens with one attached hydrogen (secondary N) is 3. The summed E-state index contributed by atoms with van der Waals surface area (Å²) in [7, 11) is 0. The van der Waals surface area contributed by atoms with Crippen LogP contribution >= 0.6 is 11.3 Å². The molecule has 0 bridgehead atoms. The molecule has 0 fully saturated rings. The summed E-state index contributed by atoms with van der Waals surface area (Å²) >= 11 is 1.22. The maximum atomic E-state index is 13.7. The van der Waals surface area contributed by atoms with Crippen LogP contribution in [0.2, 0.25) is 0 Å². The molecule has 0 atom stereocenters. The molecule has 128 valence electrons. The van der Waals surface area contributed by atoms with Crippen LogP contribution in [0.25, 0.3) is 0 Å². The summed E-state index contributed by atoms with van der Waals surface area (Å²) in [6, 6.07) is 6.53. The molecule has 2 aromatic heterocycles. The van der Waals surface area contributed by atoms with Gasteiger partial charge < -0.3 is 5.32 Å². The second kappa shape index (κ2) is 6.69. The third kappa shape index (κ3) is 3.28. The van der Waals surface area contributed by atoms with Gasteiger partial charge in [0.2, 0.25) is 5.13 Å². The maximum absolute atomic E-state index is 13.7. The van der Waals surface area contributed by atoms with Crippen LogP contribution in [0.5, 0.6) is 0 Å². The molecule has 1 aliphatic heterocycles. The van der Waals surface area contributed by atoms with Crippen LogP contribution < -0.4 is 10.6 Å². The van der Waals surface area contributed by atoms with Gasteiger partial charge >= 0.3 is 0 Å². The van der Waals surface area contributed by atoms with Crippen molar-refractivity contribution >= 4 is 22.4 Å². The number of hydrogen-bond acceptors (Lipinski definition) is 6. The maximum Gasteiger partial charge on any atom is 0.278 e. The van der Waals surface area contributed by atoms with Crippen LogP contribution in [0, 0.1) is 5.82 Å². The number of anilines is 1. The number of aromatic amines is 1. The first kappa shape index (κ1) is 15.9. The Morgan fingerprint density at radius 3 is 3.08 bits per heavy atom. The van der Waals surface area contributed by atoms with Gasteiger partial charge in [0, 0.05) is 37.2 Å². The molecule has 4 rings (SSSR count). The molecule has 0 saturated heterocycles. The lowest BCUT2D eigenvalue weighted by molar-refractivity contribution is 0.102. The normalized spacial score (nSPS) is 13.5. The molecule has 1 amide bonds. The number of hydrogen-bond donors (Lipinski definition) is 3. The molecular weight excluding hydrogens is 343 g/mol. The summed E-state index contributed by atoms with van der Waals surface area (Å²) < 4.78 is 13.7. The highest BCUT2D eigenvalue weighted by atomic mass is 32.1. The number of carbonyl (C=O) groups is 1. The van der Waals surface area contributed by atoms with Gasteiger partial charge in [0.05, 0.1) is 0 Å². The van der Waals surface area contributed by atoms with Gasteiger partial charge in [-0.05, 0) is 11.6 Å². The zero-order valence-electron chi connectivity index (χ0n) is 13.2. The minimum atomic E-state index is -0.324. The molecule has 0 unspecified atom stereocenters. The van der Waals surface area contributed by atoms with Crippen molar-refractivity contribution in [1.82, 2.24) is 25.7 Å². The van der Waals surface area contributed by atoms with E-state index in [1.807, 2.05) is 0 Å². The number of H-pyrrole nitrogens is 1. The number of benzene rings is 1. The molecule has 0 saturated carbocycles. The fourth-order valence-electron chi connectivity index (χ4n) is 2.75. The Morgan fingerprint density at radius 2 is 2.20 bits per heavy atom. The zero-order valence-corrected chi connectivity index (χ0v) is 14.0. The van der Waals surface area contributed by atoms with Crippen LogP contribution in [0.3, 0.4) is 0 Å². The van der Waals surface area contributed by atoms with Crippen molar-refractivity contribution in [3.8, 4) is 0 Å². The van der Waals surface area contributed by atoms with E-state index in [1.54, 1.807) is 18.2 Å². The number of amides is 1. The SMILES string of the molecule is O=C(Nc1nnc(Cc2ccccc2F)s1)c1n[nH]c2c1CNCC2. The van der Waals surface area contributed by atoms with Crippen molar-refractivity contribution in [2.45, 2.75) is 19.4 Å². The van der Waals surface area contributed by atoms with Crippen molar-refractivity contribution in [2.24, 2.45) is 0 Å². The van der Waals surface area contributed by atoms with E-state index in [4.69, 9.17) is 0 Å². The quantitative estimate of drug-likeness (QED) is 0.662. The highest BCUT2D eigenvalue weighted by Gasteiger charge is 2.22. The van der Waals surface area contributed by atoms with Gasteiger partial charge in [-0.25, -0.2) is 4.39 Å². The number of nitrogens with zero attached hydrogens (tertiary/aromatic N) is 3. The van der Waals surface area contributed by atoms with Crippen molar-refractivity contribution < 1.29 is 9.18 Å². The van der Waals surface area contributed by atoms with Crippen molar-refractivity contribution in [3.63, 3.8) is 0 Å². The Bertz CT molecular complexity index is 921. The Labute approximate surface area is 146 Å². The van der Waals surface area contributed by atoms with E-state index in [9.17, 15) is 9.18 Å². The number of fused-ring (bicyclic) bond motifs is 1. The van der Waals surface area contributed by atoms with Gasteiger partial charge in [0.25, 0.3) is 5.91 Å². The molecule has 0 radical (unpaired) electrons. The van der Waals surface area contributed by atoms with Crippen molar-refractivity contribution in [2.75, 3.05) is 11.9 Å². The first-order valence-corrected chi connectivity index (χ1v) is 8.66. The average Bonchev–Trinajstić information content (AvgIpc) is 3.23. The lowest BCUT2D eigenvalue weighted by Gasteiger charge is -2.12. The van der Waals surface area contributed by atoms with E-state index >= 15 is 0 Å². The van der Waals surface area contributed by atoms with E-state index in [0.717, 1.165) is 24.2 Å². The van der Waals surface area contributed by atoms with Crippen LogP contribution in [0.4, 0.5) is 9.52 Å². The van der Waals surface area contributed by atoms with Crippen molar-refractivity contribution in [1.29, 1.82) is 0 Å². The van der Waals surface area contributed by atoms with E-state index in [0.29, 0.717) is 34.4 Å². The number of rotatable bonds is 4. The molecule has 9 heteroatoms. The molecule has 3 N–H and O–H groups in total. The molecule has 1 aliphatic rings. The van der Waals surface area contributed by atoms with E-state index < -0.39 is 0 Å². The summed E-state index contributed by atoms with van der Waals surface area (Å²) in [6.07, 6.45) is 1.16. The van der Waals surface area contributed by atoms with E-state index in [-0.39, 0.29) is 11.7 Å². The van der Waals surface area contributed by atoms with Gasteiger partial charge in [-0.15, -0.1) is 10.2 Å². The van der Waals surface area contributed by atoms with Crippen LogP contribution in [-0.2, 0) is 19.4 Å². The topological polar surface area (TPSA) is 95.6 Å². The summed E-state index contributed by atoms with van der Waals surface area (Å²) in [6.45, 7) is 1.48. The lowest BCUT2D eigenvalue weighted by atomic mass is 10.1. The molecule has 1 aromatic carbocycles. The second-order valence-corrected chi connectivity index (χ2v) is 6.74. The van der Waals surface area contributed by atoms with E-state index in [2.05, 4.69) is 31.0 Å². The summed E-state index contributed by atoms with van der Waals surface area (Å²) in [5, 5.41) is 21.9. The predicted octanol–water partition coefficient (Wildman–Crippen LogP) is 1.89. The number of aromatic nitrogens is 4. The molecule has 7 nitrogen and oxygen atoms in total. The zero-order chi connectivity index (χ0) is 17.2. The van der Waals surface area contributed by atoms with Gasteiger partial charge in [-0.3, -0.25) is 15.2 Å². The molecular formula is C16H15FN6OS. The Balaban J connectivity index is 1.47. The first-order valence-electron chi connectivity index (χ1n) is 7.84. The second-order valence-electron chi connectivity index (χ2n) is 5.68. The Hall–Kier alpha value is -2.65. The average molecular weight is 358 g/mol. The fourth-order valence-corrected chi connectivity index (χ4v) is 3.51. The van der Waals surface area contributed by atoms with Gasteiger partial charge in [0.1, 0.15) is 10.8 Å². The third-order valence-corrected chi connectivity index (χ3v) is 4.85. The van der Waals surface area contributed by atoms with Gasteiger partial charge in [-0.1, -0.05) is 29.5 Å². The molecule has 3 aromatic rings. The standard InChI is InChI=1S/C16H15FN6OS/c17-11-4-2-1-3-9(11)7-13-21-23-16(25-13)19-15(24)14-10-8-18-6-5-12(10)20-22-14/h1-4,18H,5-8H2,(H,20,22)(H,19,23,24). The largest absolute Gasteiger partial charge is 0.312 e. The Kier molecular flexibility index (Phi) is 4.24. The minimum Gasteiger partial charge on any atom is -0.312 e. The van der Waals surface area contributed by atoms with Crippen LogP contribution in [0.1, 0.15) is 32.3 Å². The summed E-state index contributed by atoms with van der Waals surface area (Å²) in [5.41, 5.74) is 2.79. The third-order valence-electron chi connectivity index (χ3n) is 4.01. The molecule has 3 heterocycles. The number of carbonyl (C=O) groups excluding carboxylic acids is 1. The highest BCUT2D eigenvalue weighted by Crippen LogP contribution is 2.22. The number of halogens is 1. The van der Waals surface area contributed by atoms with Gasteiger partial charge in [-0.2, -0.15) is 5.10 Å². The van der Waals surface area contributed by atoms with E-state index in [1.165, 1.54) is 17.4 Å². The first-order chi connectivity index (χ1) is 12.2. The molecule has 25 heavy (non-hydrogen) atoms. The fraction of sp³-hybridized carbons (Fsp3) is 0.250. The summed E-state index contributed by atoms with van der Waals surface area (Å²) in [5.74, 6) is -0.603. The Morgan fingerprint density at radius 1 is 1.32 bits per heavy atom. The van der Waals surface area contributed by atoms with Crippen molar-refractivity contribution in [3.05, 3.63) is 57.6 Å². The minimum absolute atomic E-state index is 0.279. The van der Waals surface area contributed by atoms with Crippen LogP contribution in [0.15, 0.2) is 24.3 Å². The van der Waals surface area contributed by atoms with Crippen LogP contribution in [-0.4, -0.2) is 32.8 Å². The lowest BCUT2D eigenvalue weighted by Crippen LogP contribution is -2.25. The monoisotopic (exact) mass is 358 g/mol. The predicted molar refractivity (Wildman–Crippen MR) is 91.1 cm³/mol. The van der Waals surface area contributed by atoms with Gasteiger partial charge in [0.15, 0.2) is 5.69 Å².